The summed E-state index contributed by atoms with van der Waals surface area (Å²) in [6.07, 6.45) is 0. The molecular weight excluding hydrogens is 252 g/mol. The van der Waals surface area contributed by atoms with Gasteiger partial charge in [-0.25, -0.2) is 9.59 Å². The predicted molar refractivity (Wildman–Crippen MR) is 64.1 cm³/mol. The average Bonchev–Trinajstić information content (AvgIpc) is 2.38. The van der Waals surface area contributed by atoms with E-state index >= 15 is 0 Å². The standard InChI is InChI=1S/C13H14O6/c1-13(2)5-18-11(16)7-3-4-8(10(15)9(7)14)12(17)19-6-13/h3-4,14-15H,5-6H2,1-2H3. The minimum atomic E-state index is -0.762. The summed E-state index contributed by atoms with van der Waals surface area (Å²) in [5, 5.41) is 19.4. The number of phenols is 2. The molecule has 0 amide bonds. The van der Waals surface area contributed by atoms with Gasteiger partial charge >= 0.3 is 11.9 Å². The van der Waals surface area contributed by atoms with E-state index in [1.807, 2.05) is 0 Å². The van der Waals surface area contributed by atoms with Crippen LogP contribution in [0.15, 0.2) is 12.1 Å². The number of ether oxygens (including phenoxy) is 2. The molecule has 0 saturated carbocycles. The highest BCUT2D eigenvalue weighted by Crippen LogP contribution is 2.34. The predicted octanol–water partition coefficient (Wildman–Crippen LogP) is 1.45. The zero-order valence-electron chi connectivity index (χ0n) is 10.6. The molecule has 2 bridgehead atoms. The number of carbonyl (C=O) groups excluding carboxylic acids is 2. The molecule has 0 fully saturated rings. The summed E-state index contributed by atoms with van der Waals surface area (Å²) >= 11 is 0. The van der Waals surface area contributed by atoms with Crippen LogP contribution in [-0.4, -0.2) is 35.4 Å². The van der Waals surface area contributed by atoms with Crippen LogP contribution in [0.2, 0.25) is 0 Å². The second kappa shape index (κ2) is 4.46. The SMILES string of the molecule is CC1(C)COC(=O)c2ccc(c(O)c2O)C(=O)OC1. The fraction of sp³-hybridized carbons (Fsp3) is 0.385. The van der Waals surface area contributed by atoms with E-state index in [-0.39, 0.29) is 24.3 Å². The van der Waals surface area contributed by atoms with E-state index in [9.17, 15) is 19.8 Å². The van der Waals surface area contributed by atoms with Gasteiger partial charge in [0.2, 0.25) is 0 Å². The maximum atomic E-state index is 11.8. The molecule has 2 heterocycles. The molecule has 2 aliphatic rings. The maximum Gasteiger partial charge on any atom is 0.342 e. The summed E-state index contributed by atoms with van der Waals surface area (Å²) in [6, 6.07) is 2.43. The van der Waals surface area contributed by atoms with Crippen molar-refractivity contribution in [2.45, 2.75) is 13.8 Å². The monoisotopic (exact) mass is 266 g/mol. The Balaban J connectivity index is 2.51. The fourth-order valence-electron chi connectivity index (χ4n) is 1.63. The molecule has 0 radical (unpaired) electrons. The lowest BCUT2D eigenvalue weighted by Crippen LogP contribution is -2.28. The average molecular weight is 266 g/mol. The number of aromatic hydroxyl groups is 2. The first kappa shape index (κ1) is 13.2. The summed E-state index contributed by atoms with van der Waals surface area (Å²) in [6.45, 7) is 3.59. The van der Waals surface area contributed by atoms with Crippen LogP contribution in [0.4, 0.5) is 0 Å². The third kappa shape index (κ3) is 2.47. The second-order valence-electron chi connectivity index (χ2n) is 5.17. The first-order valence-electron chi connectivity index (χ1n) is 5.71. The van der Waals surface area contributed by atoms with Crippen molar-refractivity contribution in [1.29, 1.82) is 0 Å². The first-order chi connectivity index (χ1) is 8.82. The van der Waals surface area contributed by atoms with E-state index in [2.05, 4.69) is 0 Å². The third-order valence-corrected chi connectivity index (χ3v) is 2.78. The highest BCUT2D eigenvalue weighted by molar-refractivity contribution is 5.99. The number of carbonyl (C=O) groups is 2. The summed E-state index contributed by atoms with van der Waals surface area (Å²) in [7, 11) is 0. The normalized spacial score (nSPS) is 18.4. The van der Waals surface area contributed by atoms with Crippen LogP contribution in [-0.2, 0) is 9.47 Å². The number of rotatable bonds is 0. The maximum absolute atomic E-state index is 11.8. The summed E-state index contributed by atoms with van der Waals surface area (Å²) < 4.78 is 10.1. The number of hydrogen-bond donors (Lipinski definition) is 2. The van der Waals surface area contributed by atoms with Crippen LogP contribution in [0.25, 0.3) is 0 Å². The third-order valence-electron chi connectivity index (χ3n) is 2.78. The molecule has 3 rings (SSSR count). The molecule has 6 nitrogen and oxygen atoms in total. The molecule has 1 aromatic rings. The van der Waals surface area contributed by atoms with E-state index in [1.165, 1.54) is 12.1 Å². The van der Waals surface area contributed by atoms with Gasteiger partial charge in [0.1, 0.15) is 11.1 Å². The Labute approximate surface area is 109 Å². The lowest BCUT2D eigenvalue weighted by Gasteiger charge is -2.22. The zero-order chi connectivity index (χ0) is 14.2. The van der Waals surface area contributed by atoms with Gasteiger partial charge in [-0.2, -0.15) is 0 Å². The van der Waals surface area contributed by atoms with Crippen LogP contribution < -0.4 is 0 Å². The number of phenolic OH excluding ortho intramolecular Hbond substituents is 2. The smallest absolute Gasteiger partial charge is 0.342 e. The van der Waals surface area contributed by atoms with Gasteiger partial charge in [0.05, 0.1) is 13.2 Å². The van der Waals surface area contributed by atoms with Crippen LogP contribution >= 0.6 is 0 Å². The van der Waals surface area contributed by atoms with Crippen molar-refractivity contribution in [3.8, 4) is 11.5 Å². The van der Waals surface area contributed by atoms with Crippen LogP contribution in [0.3, 0.4) is 0 Å². The van der Waals surface area contributed by atoms with Crippen molar-refractivity contribution in [2.75, 3.05) is 13.2 Å². The molecule has 2 N–H and O–H groups in total. The van der Waals surface area contributed by atoms with Crippen molar-refractivity contribution >= 4 is 11.9 Å². The van der Waals surface area contributed by atoms with Gasteiger partial charge in [0.25, 0.3) is 0 Å². The minimum Gasteiger partial charge on any atom is -0.504 e. The van der Waals surface area contributed by atoms with E-state index in [1.54, 1.807) is 13.8 Å². The topological polar surface area (TPSA) is 93.1 Å². The number of hydrogen-bond acceptors (Lipinski definition) is 6. The van der Waals surface area contributed by atoms with Crippen molar-refractivity contribution in [3.05, 3.63) is 23.3 Å². The lowest BCUT2D eigenvalue weighted by molar-refractivity contribution is 0.00655. The molecule has 0 spiro atoms. The largest absolute Gasteiger partial charge is 0.504 e. The Morgan fingerprint density at radius 3 is 1.68 bits per heavy atom. The van der Waals surface area contributed by atoms with E-state index < -0.39 is 28.9 Å². The van der Waals surface area contributed by atoms with Gasteiger partial charge in [0.15, 0.2) is 11.5 Å². The summed E-state index contributed by atoms with van der Waals surface area (Å²) in [4.78, 5) is 23.5. The Morgan fingerprint density at radius 1 is 0.947 bits per heavy atom. The number of benzene rings is 1. The molecule has 2 aliphatic heterocycles. The fourth-order valence-corrected chi connectivity index (χ4v) is 1.63. The number of fused-ring (bicyclic) bond motifs is 8. The molecule has 0 saturated heterocycles. The Morgan fingerprint density at radius 2 is 1.32 bits per heavy atom. The zero-order valence-corrected chi connectivity index (χ0v) is 10.6. The molecule has 0 aliphatic carbocycles. The Bertz CT molecular complexity index is 499. The Kier molecular flexibility index (Phi) is 3.09. The van der Waals surface area contributed by atoms with Gasteiger partial charge in [-0.15, -0.1) is 0 Å². The summed E-state index contributed by atoms with van der Waals surface area (Å²) in [5.41, 5.74) is -0.930. The van der Waals surface area contributed by atoms with Crippen molar-refractivity contribution in [2.24, 2.45) is 5.41 Å². The first-order valence-corrected chi connectivity index (χ1v) is 5.71. The molecule has 102 valence electrons. The van der Waals surface area contributed by atoms with Gasteiger partial charge < -0.3 is 19.7 Å². The van der Waals surface area contributed by atoms with Crippen molar-refractivity contribution in [3.63, 3.8) is 0 Å². The molecule has 6 heteroatoms. The molecule has 0 atom stereocenters. The quantitative estimate of drug-likeness (QED) is 0.545. The van der Waals surface area contributed by atoms with E-state index in [0.29, 0.717) is 0 Å². The van der Waals surface area contributed by atoms with Gasteiger partial charge in [-0.1, -0.05) is 13.8 Å². The Hall–Kier alpha value is -2.24. The van der Waals surface area contributed by atoms with Crippen LogP contribution in [0.5, 0.6) is 11.5 Å². The minimum absolute atomic E-state index is 0.0276. The second-order valence-corrected chi connectivity index (χ2v) is 5.17. The highest BCUT2D eigenvalue weighted by atomic mass is 16.5. The van der Waals surface area contributed by atoms with Gasteiger partial charge in [-0.05, 0) is 12.1 Å². The van der Waals surface area contributed by atoms with Crippen molar-refractivity contribution < 1.29 is 29.3 Å². The van der Waals surface area contributed by atoms with Gasteiger partial charge in [0, 0.05) is 5.41 Å². The van der Waals surface area contributed by atoms with Crippen molar-refractivity contribution in [1.82, 2.24) is 0 Å². The molecule has 19 heavy (non-hydrogen) atoms. The number of esters is 2. The summed E-state index contributed by atoms with van der Waals surface area (Å²) in [5.74, 6) is -2.89. The molecule has 0 aromatic heterocycles. The molecular formula is C13H14O6. The van der Waals surface area contributed by atoms with E-state index in [0.717, 1.165) is 0 Å². The van der Waals surface area contributed by atoms with Gasteiger partial charge in [-0.3, -0.25) is 0 Å². The lowest BCUT2D eigenvalue weighted by atomic mass is 9.96. The highest BCUT2D eigenvalue weighted by Gasteiger charge is 2.29. The van der Waals surface area contributed by atoms with Crippen LogP contribution in [0, 0.1) is 5.41 Å². The molecule has 1 aromatic carbocycles. The molecule has 0 unspecified atom stereocenters. The van der Waals surface area contributed by atoms with Crippen LogP contribution in [0.1, 0.15) is 34.6 Å². The van der Waals surface area contributed by atoms with E-state index in [4.69, 9.17) is 9.47 Å².